The van der Waals surface area contributed by atoms with Crippen LogP contribution in [0.25, 0.3) is 0 Å². The van der Waals surface area contributed by atoms with Crippen molar-refractivity contribution in [2.75, 3.05) is 26.2 Å². The van der Waals surface area contributed by atoms with E-state index in [0.717, 1.165) is 50.0 Å². The van der Waals surface area contributed by atoms with Gasteiger partial charge >= 0.3 is 0 Å². The van der Waals surface area contributed by atoms with Gasteiger partial charge in [0.1, 0.15) is 5.76 Å². The number of rotatable bonds is 6. The molecule has 0 radical (unpaired) electrons. The van der Waals surface area contributed by atoms with Crippen molar-refractivity contribution in [3.8, 4) is 0 Å². The van der Waals surface area contributed by atoms with E-state index < -0.39 is 0 Å². The van der Waals surface area contributed by atoms with E-state index >= 15 is 0 Å². The summed E-state index contributed by atoms with van der Waals surface area (Å²) in [4.78, 5) is 7.34. The smallest absolute Gasteiger partial charge is 0.193 e. The van der Waals surface area contributed by atoms with Crippen LogP contribution in [0.15, 0.2) is 9.52 Å². The third-order valence-electron chi connectivity index (χ3n) is 5.07. The Morgan fingerprint density at radius 2 is 2.12 bits per heavy atom. The lowest BCUT2D eigenvalue weighted by atomic mass is 9.78. The van der Waals surface area contributed by atoms with Gasteiger partial charge in [-0.3, -0.25) is 4.99 Å². The summed E-state index contributed by atoms with van der Waals surface area (Å²) in [5, 5.41) is 7.51. The highest BCUT2D eigenvalue weighted by atomic mass is 127. The minimum absolute atomic E-state index is 0. The summed E-state index contributed by atoms with van der Waals surface area (Å²) in [6.07, 6.45) is 6.02. The number of likely N-dealkylation sites (tertiary alicyclic amines) is 1. The Morgan fingerprint density at radius 1 is 1.36 bits per heavy atom. The summed E-state index contributed by atoms with van der Waals surface area (Å²) in [6.45, 7) is 14.7. The lowest BCUT2D eigenvalue weighted by Crippen LogP contribution is -2.49. The molecule has 0 spiro atoms. The number of aliphatic imine (C=N–C) groups is 1. The third kappa shape index (κ3) is 6.15. The van der Waals surface area contributed by atoms with Gasteiger partial charge in [0.15, 0.2) is 5.96 Å². The Hall–Kier alpha value is -0.790. The lowest BCUT2D eigenvalue weighted by molar-refractivity contribution is 0.142. The second-order valence-electron chi connectivity index (χ2n) is 7.37. The fourth-order valence-electron chi connectivity index (χ4n) is 3.86. The lowest BCUT2D eigenvalue weighted by Gasteiger charge is -2.42. The quantitative estimate of drug-likeness (QED) is 0.389. The number of aromatic nitrogens is 1. The summed E-state index contributed by atoms with van der Waals surface area (Å²) in [6, 6.07) is 0. The molecular formula is C19H35IN4O. The van der Waals surface area contributed by atoms with E-state index in [-0.39, 0.29) is 24.0 Å². The van der Waals surface area contributed by atoms with Crippen LogP contribution in [0.2, 0.25) is 0 Å². The third-order valence-corrected chi connectivity index (χ3v) is 5.07. The number of nitrogens with one attached hydrogen (secondary N) is 1. The molecule has 0 aromatic carbocycles. The van der Waals surface area contributed by atoms with Gasteiger partial charge in [0, 0.05) is 31.7 Å². The van der Waals surface area contributed by atoms with Crippen LogP contribution in [0.4, 0.5) is 0 Å². The highest BCUT2D eigenvalue weighted by Crippen LogP contribution is 2.33. The van der Waals surface area contributed by atoms with Crippen LogP contribution in [0.1, 0.15) is 63.5 Å². The van der Waals surface area contributed by atoms with Crippen LogP contribution < -0.4 is 5.32 Å². The van der Waals surface area contributed by atoms with Gasteiger partial charge in [-0.05, 0) is 51.9 Å². The van der Waals surface area contributed by atoms with Crippen molar-refractivity contribution in [1.29, 1.82) is 0 Å². The summed E-state index contributed by atoms with van der Waals surface area (Å²) in [7, 11) is 0. The molecule has 1 unspecified atom stereocenters. The van der Waals surface area contributed by atoms with Gasteiger partial charge in [-0.25, -0.2) is 0 Å². The molecule has 1 aromatic rings. The van der Waals surface area contributed by atoms with Crippen LogP contribution in [0, 0.1) is 19.3 Å². The van der Waals surface area contributed by atoms with E-state index in [4.69, 9.17) is 9.52 Å². The fourth-order valence-corrected chi connectivity index (χ4v) is 3.86. The first-order valence-corrected chi connectivity index (χ1v) is 9.44. The summed E-state index contributed by atoms with van der Waals surface area (Å²) >= 11 is 0. The highest BCUT2D eigenvalue weighted by Gasteiger charge is 2.31. The molecular weight excluding hydrogens is 427 g/mol. The van der Waals surface area contributed by atoms with E-state index in [2.05, 4.69) is 36.1 Å². The van der Waals surface area contributed by atoms with Crippen LogP contribution in [0.5, 0.6) is 0 Å². The molecule has 1 atom stereocenters. The van der Waals surface area contributed by atoms with Crippen molar-refractivity contribution in [3.63, 3.8) is 0 Å². The molecule has 1 saturated heterocycles. The maximum absolute atomic E-state index is 5.25. The molecule has 1 aliphatic rings. The zero-order valence-electron chi connectivity index (χ0n) is 16.5. The topological polar surface area (TPSA) is 53.7 Å². The van der Waals surface area contributed by atoms with Crippen molar-refractivity contribution < 1.29 is 4.52 Å². The molecule has 2 rings (SSSR count). The van der Waals surface area contributed by atoms with E-state index in [1.807, 2.05) is 13.8 Å². The number of nitrogens with zero attached hydrogens (tertiary/aromatic N) is 3. The maximum Gasteiger partial charge on any atom is 0.193 e. The Labute approximate surface area is 170 Å². The molecule has 0 saturated carbocycles. The van der Waals surface area contributed by atoms with Gasteiger partial charge in [-0.15, -0.1) is 24.0 Å². The first kappa shape index (κ1) is 22.3. The van der Waals surface area contributed by atoms with Gasteiger partial charge in [-0.2, -0.15) is 0 Å². The first-order valence-electron chi connectivity index (χ1n) is 9.44. The molecule has 5 nitrogen and oxygen atoms in total. The molecule has 6 heteroatoms. The maximum atomic E-state index is 5.25. The van der Waals surface area contributed by atoms with Gasteiger partial charge in [0.2, 0.25) is 0 Å². The Bertz CT molecular complexity index is 534. The normalized spacial score (nSPS) is 21.2. The Balaban J connectivity index is 0.00000312. The van der Waals surface area contributed by atoms with Gasteiger partial charge in [0.05, 0.1) is 5.69 Å². The van der Waals surface area contributed by atoms with Crippen molar-refractivity contribution >= 4 is 29.9 Å². The molecule has 2 heterocycles. The molecule has 1 aliphatic heterocycles. The van der Waals surface area contributed by atoms with Crippen molar-refractivity contribution in [2.45, 2.75) is 66.7 Å². The monoisotopic (exact) mass is 462 g/mol. The number of halogens is 1. The molecule has 25 heavy (non-hydrogen) atoms. The predicted octanol–water partition coefficient (Wildman–Crippen LogP) is 4.32. The average molecular weight is 462 g/mol. The zero-order chi connectivity index (χ0) is 17.6. The number of piperidine rings is 1. The largest absolute Gasteiger partial charge is 0.361 e. The van der Waals surface area contributed by atoms with Gasteiger partial charge in [-0.1, -0.05) is 25.4 Å². The number of hydrogen-bond donors (Lipinski definition) is 1. The van der Waals surface area contributed by atoms with Crippen LogP contribution >= 0.6 is 24.0 Å². The fraction of sp³-hybridized carbons (Fsp3) is 0.789. The van der Waals surface area contributed by atoms with E-state index in [1.54, 1.807) is 0 Å². The van der Waals surface area contributed by atoms with Gasteiger partial charge in [0.25, 0.3) is 0 Å². The summed E-state index contributed by atoms with van der Waals surface area (Å²) in [5.74, 6) is 1.98. The van der Waals surface area contributed by atoms with Crippen molar-refractivity contribution in [1.82, 2.24) is 15.4 Å². The summed E-state index contributed by atoms with van der Waals surface area (Å²) in [5.41, 5.74) is 2.61. The zero-order valence-corrected chi connectivity index (χ0v) is 18.9. The minimum atomic E-state index is 0. The molecule has 0 aliphatic carbocycles. The SMILES string of the molecule is CCCC1(C)CCCN(C(=NCCc2c(C)noc2C)NCC)C1.I. The molecule has 1 aromatic heterocycles. The second kappa shape index (κ2) is 10.4. The standard InChI is InChI=1S/C19H34N4O.HI/c1-6-10-19(5)11-8-13-23(14-19)18(20-7-2)21-12-9-17-15(3)22-24-16(17)4;/h6-14H2,1-5H3,(H,20,21);1H. The Morgan fingerprint density at radius 3 is 2.72 bits per heavy atom. The average Bonchev–Trinajstić information content (AvgIpc) is 2.86. The van der Waals surface area contributed by atoms with E-state index in [1.165, 1.54) is 31.2 Å². The molecule has 144 valence electrons. The molecule has 0 bridgehead atoms. The van der Waals surface area contributed by atoms with Gasteiger partial charge < -0.3 is 14.7 Å². The summed E-state index contributed by atoms with van der Waals surface area (Å²) < 4.78 is 5.25. The number of aryl methyl sites for hydroxylation is 2. The first-order chi connectivity index (χ1) is 11.5. The second-order valence-corrected chi connectivity index (χ2v) is 7.37. The van der Waals surface area contributed by atoms with Crippen LogP contribution in [0.3, 0.4) is 0 Å². The molecule has 1 N–H and O–H groups in total. The Kier molecular flexibility index (Phi) is 9.24. The highest BCUT2D eigenvalue weighted by molar-refractivity contribution is 14.0. The number of guanidine groups is 1. The predicted molar refractivity (Wildman–Crippen MR) is 115 cm³/mol. The molecule has 1 fully saturated rings. The number of hydrogen-bond acceptors (Lipinski definition) is 3. The minimum Gasteiger partial charge on any atom is -0.361 e. The molecule has 0 amide bonds. The van der Waals surface area contributed by atoms with Crippen LogP contribution in [-0.4, -0.2) is 42.2 Å². The van der Waals surface area contributed by atoms with E-state index in [0.29, 0.717) is 5.41 Å². The van der Waals surface area contributed by atoms with Crippen LogP contribution in [-0.2, 0) is 6.42 Å². The van der Waals surface area contributed by atoms with E-state index in [9.17, 15) is 0 Å². The van der Waals surface area contributed by atoms with Crippen molar-refractivity contribution in [3.05, 3.63) is 17.0 Å². The van der Waals surface area contributed by atoms with Crippen molar-refractivity contribution in [2.24, 2.45) is 10.4 Å².